The molecule has 1 atom stereocenters. The molecule has 0 fully saturated rings. The van der Waals surface area contributed by atoms with Crippen LogP contribution < -0.4 is 14.9 Å². The van der Waals surface area contributed by atoms with Crippen LogP contribution in [0.25, 0.3) is 6.08 Å². The number of thiazole rings is 1. The smallest absolute Gasteiger partial charge is 0.338 e. The Balaban J connectivity index is 1.92. The Morgan fingerprint density at radius 3 is 2.47 bits per heavy atom. The number of benzene rings is 2. The van der Waals surface area contributed by atoms with E-state index in [0.717, 1.165) is 0 Å². The lowest BCUT2D eigenvalue weighted by molar-refractivity contribution is -0.384. The Hall–Kier alpha value is -3.56. The highest BCUT2D eigenvalue weighted by atomic mass is 35.5. The Kier molecular flexibility index (Phi) is 5.77. The van der Waals surface area contributed by atoms with E-state index in [0.29, 0.717) is 31.2 Å². The Labute approximate surface area is 190 Å². The first-order chi connectivity index (χ1) is 15.3. The zero-order valence-corrected chi connectivity index (χ0v) is 18.5. The number of hydrogen-bond donors (Lipinski definition) is 0. The summed E-state index contributed by atoms with van der Waals surface area (Å²) in [6, 6.07) is 12.0. The first-order valence-electron chi connectivity index (χ1n) is 9.41. The van der Waals surface area contributed by atoms with E-state index in [4.69, 9.17) is 16.3 Å². The van der Waals surface area contributed by atoms with Crippen LogP contribution in [0.4, 0.5) is 5.69 Å². The predicted molar refractivity (Wildman–Crippen MR) is 120 cm³/mol. The van der Waals surface area contributed by atoms with Gasteiger partial charge in [0.05, 0.1) is 33.9 Å². The van der Waals surface area contributed by atoms with E-state index < -0.39 is 16.9 Å². The minimum Gasteiger partial charge on any atom is -0.466 e. The number of non-ortho nitro benzene ring substituents is 1. The average molecular weight is 470 g/mol. The number of nitro benzene ring substituents is 1. The molecule has 0 radical (unpaired) electrons. The molecule has 0 amide bonds. The van der Waals surface area contributed by atoms with E-state index in [2.05, 4.69) is 4.99 Å². The maximum atomic E-state index is 13.4. The van der Waals surface area contributed by atoms with Crippen molar-refractivity contribution in [3.05, 3.63) is 106 Å². The number of allylic oxidation sites excluding steroid dienone is 1. The number of aromatic nitrogens is 1. The summed E-state index contributed by atoms with van der Waals surface area (Å²) in [6.45, 7) is 1.70. The second-order valence-electron chi connectivity index (χ2n) is 6.97. The third-order valence-electron chi connectivity index (χ3n) is 5.01. The molecule has 3 aromatic rings. The van der Waals surface area contributed by atoms with Crippen molar-refractivity contribution in [2.75, 3.05) is 7.11 Å². The van der Waals surface area contributed by atoms with Gasteiger partial charge < -0.3 is 4.74 Å². The van der Waals surface area contributed by atoms with Crippen molar-refractivity contribution in [2.24, 2.45) is 4.99 Å². The van der Waals surface area contributed by atoms with E-state index in [-0.39, 0.29) is 16.8 Å². The molecular weight excluding hydrogens is 454 g/mol. The van der Waals surface area contributed by atoms with Crippen molar-refractivity contribution in [3.8, 4) is 0 Å². The third kappa shape index (κ3) is 3.88. The van der Waals surface area contributed by atoms with Crippen LogP contribution in [-0.4, -0.2) is 22.6 Å². The van der Waals surface area contributed by atoms with Gasteiger partial charge in [0.1, 0.15) is 0 Å². The highest BCUT2D eigenvalue weighted by Gasteiger charge is 2.33. The fraction of sp³-hybridized carbons (Fsp3) is 0.136. The van der Waals surface area contributed by atoms with Gasteiger partial charge in [-0.1, -0.05) is 35.1 Å². The molecule has 2 heterocycles. The summed E-state index contributed by atoms with van der Waals surface area (Å²) >= 11 is 7.20. The molecular formula is C22H16ClN3O5S. The van der Waals surface area contributed by atoms with Crippen LogP contribution in [0.15, 0.2) is 69.6 Å². The molecule has 1 aliphatic heterocycles. The van der Waals surface area contributed by atoms with E-state index in [1.807, 2.05) is 0 Å². The lowest BCUT2D eigenvalue weighted by Gasteiger charge is -2.24. The number of carbonyl (C=O) groups excluding carboxylic acids is 1. The number of carbonyl (C=O) groups is 1. The van der Waals surface area contributed by atoms with Crippen LogP contribution in [0, 0.1) is 10.1 Å². The van der Waals surface area contributed by atoms with Crippen LogP contribution >= 0.6 is 22.9 Å². The molecule has 0 spiro atoms. The Bertz CT molecular complexity index is 1440. The van der Waals surface area contributed by atoms with Gasteiger partial charge in [0.25, 0.3) is 11.2 Å². The zero-order chi connectivity index (χ0) is 23.0. The molecule has 0 N–H and O–H groups in total. The summed E-state index contributed by atoms with van der Waals surface area (Å²) in [5.41, 5.74) is 1.68. The molecule has 4 rings (SSSR count). The van der Waals surface area contributed by atoms with Gasteiger partial charge in [-0.25, -0.2) is 9.79 Å². The molecule has 162 valence electrons. The largest absolute Gasteiger partial charge is 0.466 e. The minimum absolute atomic E-state index is 0.0373. The first-order valence-corrected chi connectivity index (χ1v) is 10.6. The van der Waals surface area contributed by atoms with Crippen molar-refractivity contribution in [3.63, 3.8) is 0 Å². The van der Waals surface area contributed by atoms with Gasteiger partial charge in [0, 0.05) is 17.2 Å². The van der Waals surface area contributed by atoms with Gasteiger partial charge >= 0.3 is 5.97 Å². The van der Waals surface area contributed by atoms with Gasteiger partial charge in [0.2, 0.25) is 0 Å². The molecule has 1 aromatic heterocycles. The van der Waals surface area contributed by atoms with Crippen LogP contribution in [-0.2, 0) is 9.53 Å². The summed E-state index contributed by atoms with van der Waals surface area (Å²) in [5, 5.41) is 11.4. The fourth-order valence-electron chi connectivity index (χ4n) is 3.50. The van der Waals surface area contributed by atoms with Crippen molar-refractivity contribution in [1.82, 2.24) is 4.57 Å². The summed E-state index contributed by atoms with van der Waals surface area (Å²) in [4.78, 5) is 41.3. The molecule has 10 heteroatoms. The fourth-order valence-corrected chi connectivity index (χ4v) is 4.67. The molecule has 1 aliphatic rings. The molecule has 0 saturated carbocycles. The maximum Gasteiger partial charge on any atom is 0.338 e. The lowest BCUT2D eigenvalue weighted by Crippen LogP contribution is -2.39. The second-order valence-corrected chi connectivity index (χ2v) is 8.42. The minimum atomic E-state index is -0.727. The summed E-state index contributed by atoms with van der Waals surface area (Å²) in [6.07, 6.45) is 1.64. The number of nitrogens with zero attached hydrogens (tertiary/aromatic N) is 3. The van der Waals surface area contributed by atoms with Crippen LogP contribution in [0.3, 0.4) is 0 Å². The number of fused-ring (bicyclic) bond motifs is 1. The van der Waals surface area contributed by atoms with Gasteiger partial charge in [-0.15, -0.1) is 0 Å². The van der Waals surface area contributed by atoms with Gasteiger partial charge in [0.15, 0.2) is 4.80 Å². The molecule has 8 nitrogen and oxygen atoms in total. The van der Waals surface area contributed by atoms with Gasteiger partial charge in [-0.2, -0.15) is 0 Å². The van der Waals surface area contributed by atoms with Crippen molar-refractivity contribution >= 4 is 40.7 Å². The van der Waals surface area contributed by atoms with Crippen LogP contribution in [0.1, 0.15) is 24.1 Å². The summed E-state index contributed by atoms with van der Waals surface area (Å²) in [5.74, 6) is -0.573. The number of nitro groups is 1. The number of hydrogen-bond acceptors (Lipinski definition) is 7. The van der Waals surface area contributed by atoms with Crippen LogP contribution in [0.2, 0.25) is 5.02 Å². The molecule has 0 aliphatic carbocycles. The predicted octanol–water partition coefficient (Wildman–Crippen LogP) is 2.97. The number of rotatable bonds is 4. The van der Waals surface area contributed by atoms with E-state index in [9.17, 15) is 19.7 Å². The summed E-state index contributed by atoms with van der Waals surface area (Å²) in [7, 11) is 1.28. The Morgan fingerprint density at radius 2 is 1.88 bits per heavy atom. The molecule has 1 unspecified atom stereocenters. The normalized spacial score (nSPS) is 15.8. The van der Waals surface area contributed by atoms with Gasteiger partial charge in [-0.3, -0.25) is 19.5 Å². The Morgan fingerprint density at radius 1 is 1.22 bits per heavy atom. The van der Waals surface area contributed by atoms with E-state index in [1.165, 1.54) is 35.1 Å². The lowest BCUT2D eigenvalue weighted by atomic mass is 9.96. The molecule has 32 heavy (non-hydrogen) atoms. The zero-order valence-electron chi connectivity index (χ0n) is 16.9. The number of ether oxygens (including phenoxy) is 1. The highest BCUT2D eigenvalue weighted by Crippen LogP contribution is 2.31. The topological polar surface area (TPSA) is 104 Å². The van der Waals surface area contributed by atoms with Gasteiger partial charge in [-0.05, 0) is 48.4 Å². The van der Waals surface area contributed by atoms with Crippen molar-refractivity contribution < 1.29 is 14.5 Å². The number of methoxy groups -OCH3 is 1. The molecule has 0 bridgehead atoms. The standard InChI is InChI=1S/C22H16ClN3O5S/c1-12-18(21(28)31-2)19(14-5-7-15(23)8-6-14)25-20(27)17(32-22(25)24-12)11-13-3-9-16(10-4-13)26(29)30/h3-11,19H,1-2H3/b17-11+. The second kappa shape index (κ2) is 8.52. The monoisotopic (exact) mass is 469 g/mol. The molecule has 2 aromatic carbocycles. The average Bonchev–Trinajstić information content (AvgIpc) is 3.08. The number of halogens is 1. The van der Waals surface area contributed by atoms with E-state index in [1.54, 1.807) is 49.4 Å². The van der Waals surface area contributed by atoms with E-state index >= 15 is 0 Å². The van der Waals surface area contributed by atoms with Crippen LogP contribution in [0.5, 0.6) is 0 Å². The first kappa shape index (κ1) is 21.7. The summed E-state index contributed by atoms with van der Waals surface area (Å²) < 4.78 is 6.81. The van der Waals surface area contributed by atoms with Crippen molar-refractivity contribution in [2.45, 2.75) is 13.0 Å². The SMILES string of the molecule is COC(=O)C1=C(C)N=c2s/c(=C/c3ccc([N+](=O)[O-])cc3)c(=O)n2C1c1ccc(Cl)cc1. The quantitative estimate of drug-likeness (QED) is 0.332. The van der Waals surface area contributed by atoms with Crippen molar-refractivity contribution in [1.29, 1.82) is 0 Å². The maximum absolute atomic E-state index is 13.4. The number of esters is 1. The highest BCUT2D eigenvalue weighted by molar-refractivity contribution is 7.07. The molecule has 0 saturated heterocycles. The third-order valence-corrected chi connectivity index (χ3v) is 6.25.